The topological polar surface area (TPSA) is 59.7 Å². The zero-order valence-electron chi connectivity index (χ0n) is 10.1. The summed E-state index contributed by atoms with van der Waals surface area (Å²) in [6.45, 7) is 27.1. The van der Waals surface area contributed by atoms with Gasteiger partial charge in [0.25, 0.3) is 0 Å². The molecule has 0 bridgehead atoms. The van der Waals surface area contributed by atoms with Crippen molar-refractivity contribution in [3.8, 4) is 0 Å². The second-order valence-corrected chi connectivity index (χ2v) is 9.00. The average Bonchev–Trinajstić information content (AvgIpc) is 2.12. The quantitative estimate of drug-likeness (QED) is 0.284. The maximum Gasteiger partial charge on any atom is 3.00 e. The summed E-state index contributed by atoms with van der Waals surface area (Å²) in [7, 11) is 0.241. The monoisotopic (exact) mass is 294 g/mol. The van der Waals surface area contributed by atoms with Crippen LogP contribution in [0.5, 0.6) is 0 Å². The third kappa shape index (κ3) is 6450. The molecule has 15 heavy (non-hydrogen) atoms. The van der Waals surface area contributed by atoms with Gasteiger partial charge in [-0.3, -0.25) is 0 Å². The summed E-state index contributed by atoms with van der Waals surface area (Å²) < 4.78 is 22.5. The van der Waals surface area contributed by atoms with Gasteiger partial charge in [0.1, 0.15) is 0 Å². The van der Waals surface area contributed by atoms with Crippen molar-refractivity contribution in [2.24, 2.45) is 0 Å². The van der Waals surface area contributed by atoms with E-state index >= 15 is 0 Å². The van der Waals surface area contributed by atoms with Crippen LogP contribution in [0, 0.1) is 20.0 Å². The molecule has 6 heteroatoms. The molecule has 87 valence electrons. The third-order valence-corrected chi connectivity index (χ3v) is 0. The van der Waals surface area contributed by atoms with Gasteiger partial charge in [-0.05, 0) is 15.8 Å². The molecule has 0 atom stereocenters. The van der Waals surface area contributed by atoms with Gasteiger partial charge >= 0.3 is 51.0 Å². The molecule has 0 aliphatic rings. The molecule has 0 aliphatic carbocycles. The van der Waals surface area contributed by atoms with Gasteiger partial charge in [-0.1, -0.05) is 0 Å². The standard InChI is InChI=1S/2C3H9P.3CO.Fe/c2*1-4(2)3;3*1-2;/h2*1-3H3;;;;/q;;;;;+3/p+2. The van der Waals surface area contributed by atoms with Crippen LogP contribution in [0.1, 0.15) is 0 Å². The van der Waals surface area contributed by atoms with Crippen LogP contribution in [0.3, 0.4) is 0 Å². The van der Waals surface area contributed by atoms with Gasteiger partial charge in [-0.2, -0.15) is 0 Å². The van der Waals surface area contributed by atoms with Crippen LogP contribution in [0.2, 0.25) is 0 Å². The van der Waals surface area contributed by atoms with E-state index in [-0.39, 0.29) is 32.9 Å². The molecule has 0 aliphatic heterocycles. The van der Waals surface area contributed by atoms with Gasteiger partial charge in [0.2, 0.25) is 0 Å². The molecule has 0 N–H and O–H groups in total. The van der Waals surface area contributed by atoms with Crippen LogP contribution in [0.15, 0.2) is 0 Å². The first kappa shape index (κ1) is 36.1. The first-order valence-electron chi connectivity index (χ1n) is 3.61. The molecule has 0 aromatic carbocycles. The van der Waals surface area contributed by atoms with Crippen molar-refractivity contribution in [3.05, 3.63) is 20.0 Å². The summed E-state index contributed by atoms with van der Waals surface area (Å²) in [5, 5.41) is 0. The Morgan fingerprint density at radius 1 is 0.533 bits per heavy atom. The van der Waals surface area contributed by atoms with Gasteiger partial charge < -0.3 is 0 Å². The Kier molecular flexibility index (Phi) is 149. The predicted octanol–water partition coefficient (Wildman–Crippen LogP) is 2.06. The van der Waals surface area contributed by atoms with Crippen LogP contribution >= 0.6 is 15.8 Å². The van der Waals surface area contributed by atoms with Crippen LogP contribution in [0.25, 0.3) is 0 Å². The predicted molar refractivity (Wildman–Crippen MR) is 64.0 cm³/mol. The average molecular weight is 294 g/mol. The first-order chi connectivity index (χ1) is 6.46. The van der Waals surface area contributed by atoms with Crippen molar-refractivity contribution >= 4 is 15.8 Å². The molecular formula is C9H20FeO3P2+5. The zero-order chi connectivity index (χ0) is 13.2. The Morgan fingerprint density at radius 2 is 0.533 bits per heavy atom. The van der Waals surface area contributed by atoms with E-state index in [2.05, 4.69) is 59.9 Å². The Bertz CT molecular complexity index is 96.5. The summed E-state index contributed by atoms with van der Waals surface area (Å²) in [5.41, 5.74) is 0. The fraction of sp³-hybridized carbons (Fsp3) is 0.667. The number of rotatable bonds is 0. The molecule has 1 radical (unpaired) electrons. The molecule has 3 nitrogen and oxygen atoms in total. The summed E-state index contributed by atoms with van der Waals surface area (Å²) >= 11 is 0. The van der Waals surface area contributed by atoms with Gasteiger partial charge in [-0.15, -0.1) is 0 Å². The molecule has 0 unspecified atom stereocenters. The third-order valence-electron chi connectivity index (χ3n) is 0. The maximum atomic E-state index is 7.50. The summed E-state index contributed by atoms with van der Waals surface area (Å²) in [4.78, 5) is 0. The van der Waals surface area contributed by atoms with Crippen LogP contribution in [-0.2, 0) is 31.0 Å². The largest absolute Gasteiger partial charge is 3.00 e. The number of hydrogen-bond donors (Lipinski definition) is 0. The maximum absolute atomic E-state index is 7.50. The van der Waals surface area contributed by atoms with Gasteiger partial charge in [0.05, 0.1) is 0 Å². The van der Waals surface area contributed by atoms with Crippen molar-refractivity contribution in [1.29, 1.82) is 0 Å². The smallest absolute Gasteiger partial charge is 3.00 e. The zero-order valence-corrected chi connectivity index (χ0v) is 13.2. The minimum absolute atomic E-state index is 0. The molecule has 0 rings (SSSR count). The SMILES string of the molecule is C[PH+](C)C.C[PH+](C)C.[C-]#[O+].[C-]#[O+].[C-]#[O+].[Fe+3]. The first-order valence-corrected chi connectivity index (χ1v) is 9.61. The van der Waals surface area contributed by atoms with Crippen LogP contribution in [-0.4, -0.2) is 40.0 Å². The second-order valence-electron chi connectivity index (χ2n) is 3.00. The van der Waals surface area contributed by atoms with Crippen molar-refractivity contribution in [3.63, 3.8) is 0 Å². The van der Waals surface area contributed by atoms with Gasteiger partial charge in [-0.25, -0.2) is 0 Å². The summed E-state index contributed by atoms with van der Waals surface area (Å²) in [5.74, 6) is 0. The van der Waals surface area contributed by atoms with E-state index in [1.807, 2.05) is 0 Å². The van der Waals surface area contributed by atoms with Crippen LogP contribution in [0.4, 0.5) is 0 Å². The van der Waals surface area contributed by atoms with E-state index in [1.165, 1.54) is 0 Å². The molecule has 0 aromatic rings. The number of hydrogen-bond acceptors (Lipinski definition) is 0. The fourth-order valence-corrected chi connectivity index (χ4v) is 0. The second kappa shape index (κ2) is 62.0. The van der Waals surface area contributed by atoms with Crippen molar-refractivity contribution < 1.29 is 31.0 Å². The van der Waals surface area contributed by atoms with Crippen molar-refractivity contribution in [1.82, 2.24) is 0 Å². The molecule has 0 saturated heterocycles. The van der Waals surface area contributed by atoms with Gasteiger partial charge in [0.15, 0.2) is 0 Å². The van der Waals surface area contributed by atoms with E-state index in [9.17, 15) is 0 Å². The molecule has 0 aromatic heterocycles. The Balaban J connectivity index is -0.0000000175. The Morgan fingerprint density at radius 3 is 0.533 bits per heavy atom. The van der Waals surface area contributed by atoms with E-state index < -0.39 is 0 Å². The summed E-state index contributed by atoms with van der Waals surface area (Å²) in [6, 6.07) is 0. The fourth-order valence-electron chi connectivity index (χ4n) is 0. The molecule has 0 heterocycles. The summed E-state index contributed by atoms with van der Waals surface area (Å²) in [6.07, 6.45) is 0. The van der Waals surface area contributed by atoms with Crippen LogP contribution < -0.4 is 0 Å². The van der Waals surface area contributed by atoms with Crippen molar-refractivity contribution in [2.75, 3.05) is 40.0 Å². The van der Waals surface area contributed by atoms with E-state index in [0.717, 1.165) is 0 Å². The van der Waals surface area contributed by atoms with E-state index in [0.29, 0.717) is 0 Å². The molecule has 0 fully saturated rings. The normalized spacial score (nSPS) is 5.20. The van der Waals surface area contributed by atoms with Crippen molar-refractivity contribution in [2.45, 2.75) is 0 Å². The minimum atomic E-state index is 0. The molecular weight excluding hydrogens is 274 g/mol. The molecule has 0 amide bonds. The molecule has 0 spiro atoms. The van der Waals surface area contributed by atoms with E-state index in [1.54, 1.807) is 0 Å². The Labute approximate surface area is 107 Å². The minimum Gasteiger partial charge on any atom is 3.00 e. The Hall–Kier alpha value is 0.599. The van der Waals surface area contributed by atoms with Gasteiger partial charge in [0, 0.05) is 40.0 Å². The van der Waals surface area contributed by atoms with E-state index in [4.69, 9.17) is 14.0 Å². The molecule has 0 saturated carbocycles.